The van der Waals surface area contributed by atoms with Gasteiger partial charge in [0, 0.05) is 35.8 Å². The third-order valence-corrected chi connectivity index (χ3v) is 4.61. The maximum atomic E-state index is 13.0. The number of rotatable bonds is 3. The summed E-state index contributed by atoms with van der Waals surface area (Å²) in [5, 5.41) is 17.5. The Balaban J connectivity index is 1.57. The number of likely N-dealkylation sites (tertiary alicyclic amines) is 1. The van der Waals surface area contributed by atoms with Crippen molar-refractivity contribution in [2.75, 3.05) is 13.1 Å². The van der Waals surface area contributed by atoms with E-state index in [0.29, 0.717) is 18.7 Å². The van der Waals surface area contributed by atoms with Gasteiger partial charge in [0.1, 0.15) is 0 Å². The minimum absolute atomic E-state index is 0.0199. The first-order chi connectivity index (χ1) is 12.1. The van der Waals surface area contributed by atoms with Crippen LogP contribution in [0.3, 0.4) is 0 Å². The molecule has 3 heterocycles. The van der Waals surface area contributed by atoms with E-state index in [4.69, 9.17) is 5.11 Å². The van der Waals surface area contributed by atoms with Gasteiger partial charge in [-0.15, -0.1) is 5.10 Å². The third kappa shape index (κ3) is 2.75. The molecule has 0 aliphatic carbocycles. The van der Waals surface area contributed by atoms with Gasteiger partial charge in [-0.2, -0.15) is 0 Å². The van der Waals surface area contributed by atoms with E-state index >= 15 is 0 Å². The summed E-state index contributed by atoms with van der Waals surface area (Å²) in [5.74, 6) is -1.12. The lowest BCUT2D eigenvalue weighted by atomic mass is 10.0. The highest BCUT2D eigenvalue weighted by molar-refractivity contribution is 6.06. The first-order valence-electron chi connectivity index (χ1n) is 8.14. The van der Waals surface area contributed by atoms with Crippen molar-refractivity contribution >= 4 is 22.8 Å². The summed E-state index contributed by atoms with van der Waals surface area (Å²) in [6, 6.07) is 7.47. The Morgan fingerprint density at radius 1 is 1.28 bits per heavy atom. The number of aromatic carboxylic acids is 1. The van der Waals surface area contributed by atoms with Gasteiger partial charge in [0.2, 0.25) is 0 Å². The Kier molecular flexibility index (Phi) is 3.72. The molecule has 4 rings (SSSR count). The fourth-order valence-electron chi connectivity index (χ4n) is 3.35. The second-order valence-electron chi connectivity index (χ2n) is 6.18. The number of nitrogens with one attached hydrogen (secondary N) is 1. The molecule has 1 aliphatic rings. The molecule has 25 heavy (non-hydrogen) atoms. The number of piperidine rings is 1. The van der Waals surface area contributed by atoms with E-state index in [0.717, 1.165) is 23.7 Å². The average Bonchev–Trinajstić information content (AvgIpc) is 3.30. The number of amides is 1. The van der Waals surface area contributed by atoms with Crippen LogP contribution in [0.25, 0.3) is 10.9 Å². The summed E-state index contributed by atoms with van der Waals surface area (Å²) in [4.78, 5) is 28.9. The van der Waals surface area contributed by atoms with E-state index < -0.39 is 5.97 Å². The van der Waals surface area contributed by atoms with Crippen LogP contribution in [0.4, 0.5) is 0 Å². The molecule has 1 aromatic carbocycles. The number of carboxylic acids is 1. The summed E-state index contributed by atoms with van der Waals surface area (Å²) in [7, 11) is 0. The number of aromatic amines is 1. The normalized spacial score (nSPS) is 17.8. The van der Waals surface area contributed by atoms with Crippen LogP contribution in [0.15, 0.2) is 36.7 Å². The molecule has 1 atom stereocenters. The molecule has 1 fully saturated rings. The summed E-state index contributed by atoms with van der Waals surface area (Å²) in [6.07, 6.45) is 4.92. The minimum atomic E-state index is -1.10. The number of benzene rings is 1. The van der Waals surface area contributed by atoms with Crippen LogP contribution in [-0.4, -0.2) is 55.0 Å². The van der Waals surface area contributed by atoms with E-state index in [1.165, 1.54) is 6.20 Å². The molecule has 0 bridgehead atoms. The molecule has 2 N–H and O–H groups in total. The second-order valence-corrected chi connectivity index (χ2v) is 6.18. The van der Waals surface area contributed by atoms with Crippen molar-refractivity contribution < 1.29 is 14.7 Å². The summed E-state index contributed by atoms with van der Waals surface area (Å²) in [5.41, 5.74) is 1.52. The predicted octanol–water partition coefficient (Wildman–Crippen LogP) is 1.93. The molecule has 1 aliphatic heterocycles. The van der Waals surface area contributed by atoms with Crippen LogP contribution in [0.2, 0.25) is 0 Å². The topological polar surface area (TPSA) is 104 Å². The molecular weight excluding hydrogens is 322 g/mol. The zero-order valence-electron chi connectivity index (χ0n) is 13.4. The van der Waals surface area contributed by atoms with Gasteiger partial charge < -0.3 is 15.0 Å². The second kappa shape index (κ2) is 6.04. The van der Waals surface area contributed by atoms with Crippen molar-refractivity contribution in [2.24, 2.45) is 0 Å². The minimum Gasteiger partial charge on any atom is -0.476 e. The van der Waals surface area contributed by atoms with E-state index in [1.807, 2.05) is 30.5 Å². The van der Waals surface area contributed by atoms with Gasteiger partial charge in [0.05, 0.1) is 12.2 Å². The average molecular weight is 339 g/mol. The largest absolute Gasteiger partial charge is 0.476 e. The van der Waals surface area contributed by atoms with Crippen molar-refractivity contribution in [3.63, 3.8) is 0 Å². The van der Waals surface area contributed by atoms with Crippen molar-refractivity contribution in [3.8, 4) is 0 Å². The Labute approximate surface area is 143 Å². The smallest absolute Gasteiger partial charge is 0.358 e. The van der Waals surface area contributed by atoms with Crippen LogP contribution in [0.5, 0.6) is 0 Å². The molecule has 1 unspecified atom stereocenters. The number of hydrogen-bond acceptors (Lipinski definition) is 4. The lowest BCUT2D eigenvalue weighted by Gasteiger charge is -2.32. The van der Waals surface area contributed by atoms with Crippen LogP contribution in [0, 0.1) is 0 Å². The number of hydrogen-bond donors (Lipinski definition) is 2. The summed E-state index contributed by atoms with van der Waals surface area (Å²) < 4.78 is 1.56. The van der Waals surface area contributed by atoms with Crippen LogP contribution in [0.1, 0.15) is 39.7 Å². The maximum Gasteiger partial charge on any atom is 0.358 e. The molecule has 0 saturated carbocycles. The van der Waals surface area contributed by atoms with Gasteiger partial charge in [-0.3, -0.25) is 4.79 Å². The summed E-state index contributed by atoms with van der Waals surface area (Å²) >= 11 is 0. The van der Waals surface area contributed by atoms with Gasteiger partial charge in [0.15, 0.2) is 5.69 Å². The number of aromatic nitrogens is 4. The van der Waals surface area contributed by atoms with Crippen molar-refractivity contribution in [3.05, 3.63) is 47.9 Å². The van der Waals surface area contributed by atoms with E-state index in [1.54, 1.807) is 9.58 Å². The number of H-pyrrole nitrogens is 1. The fourth-order valence-corrected chi connectivity index (χ4v) is 3.35. The number of carboxylic acid groups (broad SMARTS) is 1. The summed E-state index contributed by atoms with van der Waals surface area (Å²) in [6.45, 7) is 1.17. The lowest BCUT2D eigenvalue weighted by molar-refractivity contribution is 0.0667. The van der Waals surface area contributed by atoms with Gasteiger partial charge >= 0.3 is 5.97 Å². The molecule has 8 nitrogen and oxygen atoms in total. The van der Waals surface area contributed by atoms with Gasteiger partial charge in [0.25, 0.3) is 5.91 Å². The molecule has 0 spiro atoms. The first kappa shape index (κ1) is 15.4. The lowest BCUT2D eigenvalue weighted by Crippen LogP contribution is -2.41. The fraction of sp³-hybridized carbons (Fsp3) is 0.294. The molecule has 0 radical (unpaired) electrons. The van der Waals surface area contributed by atoms with Crippen LogP contribution in [-0.2, 0) is 0 Å². The van der Waals surface area contributed by atoms with E-state index in [-0.39, 0.29) is 17.6 Å². The monoisotopic (exact) mass is 339 g/mol. The predicted molar refractivity (Wildman–Crippen MR) is 89.5 cm³/mol. The number of carbonyl (C=O) groups is 2. The highest BCUT2D eigenvalue weighted by Gasteiger charge is 2.27. The molecule has 3 aromatic rings. The molecule has 128 valence electrons. The Morgan fingerprint density at radius 2 is 2.16 bits per heavy atom. The van der Waals surface area contributed by atoms with Gasteiger partial charge in [-0.25, -0.2) is 9.48 Å². The van der Waals surface area contributed by atoms with Crippen LogP contribution < -0.4 is 0 Å². The molecular formula is C17H17N5O3. The highest BCUT2D eigenvalue weighted by Crippen LogP contribution is 2.25. The zero-order chi connectivity index (χ0) is 17.4. The quantitative estimate of drug-likeness (QED) is 0.759. The Morgan fingerprint density at radius 3 is 2.96 bits per heavy atom. The van der Waals surface area contributed by atoms with E-state index in [2.05, 4.69) is 15.3 Å². The van der Waals surface area contributed by atoms with Crippen molar-refractivity contribution in [1.82, 2.24) is 24.9 Å². The Bertz CT molecular complexity index is 945. The number of nitrogens with zero attached hydrogens (tertiary/aromatic N) is 4. The molecule has 2 aromatic heterocycles. The van der Waals surface area contributed by atoms with Crippen molar-refractivity contribution in [1.29, 1.82) is 0 Å². The van der Waals surface area contributed by atoms with Gasteiger partial charge in [-0.1, -0.05) is 11.3 Å². The van der Waals surface area contributed by atoms with Gasteiger partial charge in [-0.05, 0) is 31.0 Å². The van der Waals surface area contributed by atoms with Crippen molar-refractivity contribution in [2.45, 2.75) is 18.9 Å². The van der Waals surface area contributed by atoms with Crippen LogP contribution >= 0.6 is 0 Å². The number of fused-ring (bicyclic) bond motifs is 1. The first-order valence-corrected chi connectivity index (χ1v) is 8.14. The Hall–Kier alpha value is -3.16. The zero-order valence-corrected chi connectivity index (χ0v) is 13.4. The molecule has 8 heteroatoms. The van der Waals surface area contributed by atoms with E-state index in [9.17, 15) is 9.59 Å². The molecule has 1 saturated heterocycles. The number of carbonyl (C=O) groups excluding carboxylic acids is 1. The third-order valence-electron chi connectivity index (χ3n) is 4.61. The highest BCUT2D eigenvalue weighted by atomic mass is 16.4. The SMILES string of the molecule is O=C(O)c1cn(C2CCCN(C(=O)c3cccc4[nH]ccc34)C2)nn1. The molecule has 1 amide bonds. The standard InChI is InChI=1S/C17H17N5O3/c23-16(13-4-1-5-14-12(13)6-7-18-14)21-8-2-3-11(9-21)22-10-15(17(24)25)19-20-22/h1,4-7,10-11,18H,2-3,8-9H2,(H,24,25). The maximum absolute atomic E-state index is 13.0.